The Labute approximate surface area is 119 Å². The van der Waals surface area contributed by atoms with Gasteiger partial charge in [-0.3, -0.25) is 4.90 Å². The van der Waals surface area contributed by atoms with Gasteiger partial charge in [0.15, 0.2) is 0 Å². The Morgan fingerprint density at radius 1 is 1.32 bits per heavy atom. The van der Waals surface area contributed by atoms with Crippen molar-refractivity contribution >= 4 is 21.4 Å². The van der Waals surface area contributed by atoms with E-state index in [4.69, 9.17) is 5.73 Å². The van der Waals surface area contributed by atoms with Gasteiger partial charge in [0.2, 0.25) is 0 Å². The molecule has 2 heterocycles. The molecular weight excluding hydrogens is 252 g/mol. The molecule has 19 heavy (non-hydrogen) atoms. The molecule has 0 saturated carbocycles. The lowest BCUT2D eigenvalue weighted by Gasteiger charge is -2.21. The van der Waals surface area contributed by atoms with Crippen LogP contribution in [0, 0.1) is 5.92 Å². The standard InChI is InChI=1S/C16H22N2S/c1-11-7-12(2)18(9-11)10-14-13-5-3-4-6-15(13)19-16(14)8-17/h3-6,11-12H,7-10,17H2,1-2H3. The van der Waals surface area contributed by atoms with Crippen LogP contribution in [0.15, 0.2) is 24.3 Å². The molecule has 102 valence electrons. The van der Waals surface area contributed by atoms with E-state index >= 15 is 0 Å². The van der Waals surface area contributed by atoms with E-state index in [-0.39, 0.29) is 0 Å². The topological polar surface area (TPSA) is 29.3 Å². The first kappa shape index (κ1) is 13.1. The van der Waals surface area contributed by atoms with Crippen molar-refractivity contribution in [1.29, 1.82) is 0 Å². The third-order valence-corrected chi connectivity index (χ3v) is 5.48. The molecule has 2 unspecified atom stereocenters. The summed E-state index contributed by atoms with van der Waals surface area (Å²) in [7, 11) is 0. The quantitative estimate of drug-likeness (QED) is 0.926. The predicted octanol–water partition coefficient (Wildman–Crippen LogP) is 3.59. The summed E-state index contributed by atoms with van der Waals surface area (Å²) in [4.78, 5) is 3.96. The van der Waals surface area contributed by atoms with E-state index in [9.17, 15) is 0 Å². The molecule has 1 fully saturated rings. The molecule has 1 aromatic carbocycles. The molecule has 3 rings (SSSR count). The number of hydrogen-bond donors (Lipinski definition) is 1. The van der Waals surface area contributed by atoms with Gasteiger partial charge in [0.1, 0.15) is 0 Å². The van der Waals surface area contributed by atoms with Crippen molar-refractivity contribution in [3.63, 3.8) is 0 Å². The highest BCUT2D eigenvalue weighted by Crippen LogP contribution is 2.34. The molecule has 2 nitrogen and oxygen atoms in total. The average molecular weight is 274 g/mol. The number of nitrogens with zero attached hydrogens (tertiary/aromatic N) is 1. The van der Waals surface area contributed by atoms with Crippen molar-refractivity contribution in [1.82, 2.24) is 4.90 Å². The van der Waals surface area contributed by atoms with E-state index in [1.807, 2.05) is 11.3 Å². The number of likely N-dealkylation sites (tertiary alicyclic amines) is 1. The Morgan fingerprint density at radius 2 is 2.11 bits per heavy atom. The van der Waals surface area contributed by atoms with E-state index in [0.29, 0.717) is 12.6 Å². The summed E-state index contributed by atoms with van der Waals surface area (Å²) in [5.41, 5.74) is 7.40. The van der Waals surface area contributed by atoms with E-state index in [1.165, 1.54) is 33.5 Å². The van der Waals surface area contributed by atoms with E-state index in [2.05, 4.69) is 43.0 Å². The molecular formula is C16H22N2S. The van der Waals surface area contributed by atoms with Gasteiger partial charge in [-0.2, -0.15) is 0 Å². The van der Waals surface area contributed by atoms with Crippen LogP contribution in [0.25, 0.3) is 10.1 Å². The summed E-state index contributed by atoms with van der Waals surface area (Å²) in [6.45, 7) is 7.64. The van der Waals surface area contributed by atoms with E-state index in [0.717, 1.165) is 12.5 Å². The van der Waals surface area contributed by atoms with Crippen molar-refractivity contribution in [2.45, 2.75) is 39.4 Å². The minimum atomic E-state index is 0.659. The summed E-state index contributed by atoms with van der Waals surface area (Å²) in [5, 5.41) is 1.40. The molecule has 0 spiro atoms. The fourth-order valence-electron chi connectivity index (χ4n) is 3.30. The SMILES string of the molecule is CC1CC(C)N(Cc2c(CN)sc3ccccc23)C1. The zero-order valence-electron chi connectivity index (χ0n) is 11.7. The molecule has 2 aromatic rings. The lowest BCUT2D eigenvalue weighted by molar-refractivity contribution is 0.257. The number of nitrogens with two attached hydrogens (primary N) is 1. The van der Waals surface area contributed by atoms with Crippen LogP contribution in [0.5, 0.6) is 0 Å². The predicted molar refractivity (Wildman–Crippen MR) is 83.4 cm³/mol. The fraction of sp³-hybridized carbons (Fsp3) is 0.500. The lowest BCUT2D eigenvalue weighted by atomic mass is 10.1. The second-order valence-corrected chi connectivity index (χ2v) is 6.96. The first-order valence-corrected chi connectivity index (χ1v) is 7.94. The highest BCUT2D eigenvalue weighted by atomic mass is 32.1. The van der Waals surface area contributed by atoms with Crippen molar-refractivity contribution < 1.29 is 0 Å². The Balaban J connectivity index is 1.95. The van der Waals surface area contributed by atoms with Crippen LogP contribution >= 0.6 is 11.3 Å². The molecule has 1 aliphatic rings. The summed E-state index contributed by atoms with van der Waals surface area (Å²) < 4.78 is 1.37. The Hall–Kier alpha value is -0.900. The minimum absolute atomic E-state index is 0.659. The molecule has 1 saturated heterocycles. The van der Waals surface area contributed by atoms with Crippen molar-refractivity contribution in [3.05, 3.63) is 34.7 Å². The van der Waals surface area contributed by atoms with Crippen LogP contribution in [-0.4, -0.2) is 17.5 Å². The molecule has 0 radical (unpaired) electrons. The normalized spacial score (nSPS) is 24.4. The number of hydrogen-bond acceptors (Lipinski definition) is 3. The minimum Gasteiger partial charge on any atom is -0.326 e. The number of benzene rings is 1. The van der Waals surface area contributed by atoms with Crippen molar-refractivity contribution in [3.8, 4) is 0 Å². The molecule has 0 aliphatic carbocycles. The van der Waals surface area contributed by atoms with Crippen LogP contribution in [-0.2, 0) is 13.1 Å². The third-order valence-electron chi connectivity index (χ3n) is 4.24. The van der Waals surface area contributed by atoms with Crippen LogP contribution in [0.3, 0.4) is 0 Å². The van der Waals surface area contributed by atoms with Crippen LogP contribution < -0.4 is 5.73 Å². The molecule has 0 amide bonds. The molecule has 2 N–H and O–H groups in total. The largest absolute Gasteiger partial charge is 0.326 e. The summed E-state index contributed by atoms with van der Waals surface area (Å²) in [5.74, 6) is 0.821. The second-order valence-electron chi connectivity index (χ2n) is 5.82. The second kappa shape index (κ2) is 5.23. The van der Waals surface area contributed by atoms with Crippen LogP contribution in [0.1, 0.15) is 30.7 Å². The highest BCUT2D eigenvalue weighted by Gasteiger charge is 2.27. The van der Waals surface area contributed by atoms with Crippen molar-refractivity contribution in [2.75, 3.05) is 6.54 Å². The van der Waals surface area contributed by atoms with Gasteiger partial charge in [-0.25, -0.2) is 0 Å². The lowest BCUT2D eigenvalue weighted by Crippen LogP contribution is -2.27. The maximum Gasteiger partial charge on any atom is 0.0349 e. The fourth-order valence-corrected chi connectivity index (χ4v) is 4.39. The van der Waals surface area contributed by atoms with Gasteiger partial charge in [0.25, 0.3) is 0 Å². The van der Waals surface area contributed by atoms with E-state index < -0.39 is 0 Å². The maximum atomic E-state index is 5.94. The average Bonchev–Trinajstić information content (AvgIpc) is 2.91. The van der Waals surface area contributed by atoms with Gasteiger partial charge in [0.05, 0.1) is 0 Å². The zero-order valence-corrected chi connectivity index (χ0v) is 12.5. The van der Waals surface area contributed by atoms with Gasteiger partial charge in [-0.1, -0.05) is 25.1 Å². The Bertz CT molecular complexity index is 575. The van der Waals surface area contributed by atoms with E-state index in [1.54, 1.807) is 0 Å². The maximum absolute atomic E-state index is 5.94. The summed E-state index contributed by atoms with van der Waals surface area (Å²) >= 11 is 1.86. The number of fused-ring (bicyclic) bond motifs is 1. The summed E-state index contributed by atoms with van der Waals surface area (Å²) in [6, 6.07) is 9.39. The zero-order chi connectivity index (χ0) is 13.4. The Morgan fingerprint density at radius 3 is 2.79 bits per heavy atom. The first-order valence-electron chi connectivity index (χ1n) is 7.12. The molecule has 3 heteroatoms. The highest BCUT2D eigenvalue weighted by molar-refractivity contribution is 7.19. The van der Waals surface area contributed by atoms with Gasteiger partial charge < -0.3 is 5.73 Å². The molecule has 2 atom stereocenters. The monoisotopic (exact) mass is 274 g/mol. The smallest absolute Gasteiger partial charge is 0.0349 e. The van der Waals surface area contributed by atoms with Gasteiger partial charge >= 0.3 is 0 Å². The summed E-state index contributed by atoms with van der Waals surface area (Å²) in [6.07, 6.45) is 1.32. The third kappa shape index (κ3) is 2.42. The van der Waals surface area contributed by atoms with Gasteiger partial charge in [-0.05, 0) is 36.3 Å². The first-order chi connectivity index (χ1) is 9.19. The van der Waals surface area contributed by atoms with Crippen molar-refractivity contribution in [2.24, 2.45) is 11.7 Å². The van der Waals surface area contributed by atoms with Gasteiger partial charge in [-0.15, -0.1) is 11.3 Å². The van der Waals surface area contributed by atoms with Crippen LogP contribution in [0.4, 0.5) is 0 Å². The van der Waals surface area contributed by atoms with Gasteiger partial charge in [0, 0.05) is 35.3 Å². The molecule has 1 aliphatic heterocycles. The van der Waals surface area contributed by atoms with Crippen LogP contribution in [0.2, 0.25) is 0 Å². The molecule has 0 bridgehead atoms. The Kier molecular flexibility index (Phi) is 3.61. The number of thiophene rings is 1. The number of rotatable bonds is 3. The molecule has 1 aromatic heterocycles.